The maximum absolute atomic E-state index is 12.5. The summed E-state index contributed by atoms with van der Waals surface area (Å²) in [7, 11) is 0. The van der Waals surface area contributed by atoms with Crippen LogP contribution in [-0.2, 0) is 12.7 Å². The van der Waals surface area contributed by atoms with Gasteiger partial charge >= 0.3 is 12.1 Å². The van der Waals surface area contributed by atoms with Crippen molar-refractivity contribution in [2.45, 2.75) is 19.6 Å². The number of aryl methyl sites for hydroxylation is 1. The summed E-state index contributed by atoms with van der Waals surface area (Å²) in [4.78, 5) is 4.81. The van der Waals surface area contributed by atoms with Crippen molar-refractivity contribution < 1.29 is 17.7 Å². The van der Waals surface area contributed by atoms with Crippen LogP contribution < -0.4 is 0 Å². The molecule has 142 valence electrons. The van der Waals surface area contributed by atoms with Crippen LogP contribution in [0.5, 0.6) is 0 Å². The maximum atomic E-state index is 12.5. The smallest absolute Gasteiger partial charge is 0.329 e. The molecule has 28 heavy (non-hydrogen) atoms. The van der Waals surface area contributed by atoms with Crippen LogP contribution in [0, 0.1) is 6.92 Å². The number of halogens is 3. The Balaban J connectivity index is 1.48. The van der Waals surface area contributed by atoms with E-state index in [2.05, 4.69) is 30.1 Å². The summed E-state index contributed by atoms with van der Waals surface area (Å²) in [6.07, 6.45) is -4.67. The predicted molar refractivity (Wildman–Crippen MR) is 91.8 cm³/mol. The van der Waals surface area contributed by atoms with E-state index in [0.29, 0.717) is 17.9 Å². The van der Waals surface area contributed by atoms with Gasteiger partial charge in [-0.1, -0.05) is 59.3 Å². The summed E-state index contributed by atoms with van der Waals surface area (Å²) < 4.78 is 41.9. The zero-order valence-electron chi connectivity index (χ0n) is 14.6. The Morgan fingerprint density at radius 1 is 0.929 bits per heavy atom. The summed E-state index contributed by atoms with van der Waals surface area (Å²) in [5.74, 6) is -0.982. The molecule has 0 bridgehead atoms. The first-order valence-electron chi connectivity index (χ1n) is 8.23. The molecule has 2 heterocycles. The lowest BCUT2D eigenvalue weighted by Gasteiger charge is -2.01. The average Bonchev–Trinajstić information content (AvgIpc) is 3.33. The molecule has 0 fully saturated rings. The van der Waals surface area contributed by atoms with Crippen LogP contribution in [0.2, 0.25) is 0 Å². The third kappa shape index (κ3) is 3.75. The summed E-state index contributed by atoms with van der Waals surface area (Å²) in [5.41, 5.74) is 3.26. The molecule has 7 nitrogen and oxygen atoms in total. The zero-order chi connectivity index (χ0) is 19.7. The van der Waals surface area contributed by atoms with E-state index >= 15 is 0 Å². The molecule has 0 aliphatic rings. The Morgan fingerprint density at radius 2 is 1.57 bits per heavy atom. The Labute approximate surface area is 156 Å². The third-order valence-corrected chi connectivity index (χ3v) is 3.97. The van der Waals surface area contributed by atoms with Crippen LogP contribution in [0.3, 0.4) is 0 Å². The highest BCUT2D eigenvalue weighted by atomic mass is 19.4. The van der Waals surface area contributed by atoms with Gasteiger partial charge in [-0.05, 0) is 17.7 Å². The molecule has 2 aromatic carbocycles. The van der Waals surface area contributed by atoms with Gasteiger partial charge in [0.25, 0.3) is 0 Å². The van der Waals surface area contributed by atoms with Gasteiger partial charge in [0, 0.05) is 11.1 Å². The van der Waals surface area contributed by atoms with Crippen LogP contribution in [0.15, 0.2) is 53.1 Å². The summed E-state index contributed by atoms with van der Waals surface area (Å²) in [6.45, 7) is 2.36. The minimum absolute atomic E-state index is 0.126. The normalized spacial score (nSPS) is 11.7. The summed E-state index contributed by atoms with van der Waals surface area (Å²) in [5, 5.41) is 15.8. The Bertz CT molecular complexity index is 1080. The number of hydrogen-bond acceptors (Lipinski definition) is 6. The Kier molecular flexibility index (Phi) is 4.38. The highest BCUT2D eigenvalue weighted by Crippen LogP contribution is 2.29. The van der Waals surface area contributed by atoms with Gasteiger partial charge in [0.1, 0.15) is 0 Å². The Hall–Kier alpha value is -3.56. The van der Waals surface area contributed by atoms with Gasteiger partial charge in [-0.3, -0.25) is 0 Å². The van der Waals surface area contributed by atoms with Crippen LogP contribution in [0.25, 0.3) is 22.8 Å². The molecule has 4 aromatic rings. The van der Waals surface area contributed by atoms with E-state index in [9.17, 15) is 13.2 Å². The van der Waals surface area contributed by atoms with Crippen molar-refractivity contribution in [3.05, 3.63) is 65.5 Å². The lowest BCUT2D eigenvalue weighted by Crippen LogP contribution is -2.05. The number of alkyl halides is 3. The minimum atomic E-state index is -4.67. The summed E-state index contributed by atoms with van der Waals surface area (Å²) in [6, 6.07) is 14.5. The van der Waals surface area contributed by atoms with E-state index in [1.165, 1.54) is 4.80 Å². The number of aromatic nitrogens is 6. The number of tetrazole rings is 1. The van der Waals surface area contributed by atoms with Gasteiger partial charge in [0.2, 0.25) is 11.6 Å². The van der Waals surface area contributed by atoms with Gasteiger partial charge in [-0.25, -0.2) is 0 Å². The van der Waals surface area contributed by atoms with Crippen molar-refractivity contribution in [1.29, 1.82) is 0 Å². The molecule has 0 atom stereocenters. The summed E-state index contributed by atoms with van der Waals surface area (Å²) >= 11 is 0. The molecular formula is C18H13F3N6O. The molecule has 4 rings (SSSR count). The predicted octanol–water partition coefficient (Wildman–Crippen LogP) is 3.77. The molecule has 0 saturated carbocycles. The SMILES string of the molecule is Cc1ccc(-c2nnn(Cc3ccc(-c4noc(C(F)(F)F)n4)cc3)n2)cc1. The standard InChI is InChI=1S/C18H13F3N6O/c1-11-2-6-14(7-3-11)16-23-26-27(24-16)10-12-4-8-13(9-5-12)15-22-17(28-25-15)18(19,20)21/h2-9H,10H2,1H3. The highest BCUT2D eigenvalue weighted by molar-refractivity contribution is 5.55. The molecule has 0 saturated heterocycles. The second kappa shape index (κ2) is 6.87. The first-order valence-corrected chi connectivity index (χ1v) is 8.23. The van der Waals surface area contributed by atoms with Crippen molar-refractivity contribution in [1.82, 2.24) is 30.3 Å². The fraction of sp³-hybridized carbons (Fsp3) is 0.167. The van der Waals surface area contributed by atoms with Crippen molar-refractivity contribution in [3.8, 4) is 22.8 Å². The van der Waals surface area contributed by atoms with E-state index in [1.807, 2.05) is 31.2 Å². The first-order chi connectivity index (χ1) is 13.4. The van der Waals surface area contributed by atoms with Crippen LogP contribution in [0.1, 0.15) is 17.0 Å². The number of rotatable bonds is 4. The van der Waals surface area contributed by atoms with E-state index in [0.717, 1.165) is 16.7 Å². The molecule has 0 aliphatic carbocycles. The van der Waals surface area contributed by atoms with Crippen LogP contribution in [-0.4, -0.2) is 30.3 Å². The fourth-order valence-corrected chi connectivity index (χ4v) is 2.51. The molecular weight excluding hydrogens is 373 g/mol. The fourth-order valence-electron chi connectivity index (χ4n) is 2.51. The largest absolute Gasteiger partial charge is 0.471 e. The van der Waals surface area contributed by atoms with Gasteiger partial charge in [0.15, 0.2) is 0 Å². The van der Waals surface area contributed by atoms with E-state index in [-0.39, 0.29) is 5.82 Å². The van der Waals surface area contributed by atoms with Crippen LogP contribution >= 0.6 is 0 Å². The van der Waals surface area contributed by atoms with Crippen molar-refractivity contribution >= 4 is 0 Å². The minimum Gasteiger partial charge on any atom is -0.329 e. The number of benzene rings is 2. The van der Waals surface area contributed by atoms with Crippen molar-refractivity contribution in [3.63, 3.8) is 0 Å². The second-order valence-electron chi connectivity index (χ2n) is 6.13. The van der Waals surface area contributed by atoms with E-state index in [1.54, 1.807) is 24.3 Å². The maximum Gasteiger partial charge on any atom is 0.471 e. The van der Waals surface area contributed by atoms with Gasteiger partial charge in [0.05, 0.1) is 6.54 Å². The lowest BCUT2D eigenvalue weighted by atomic mass is 10.1. The quantitative estimate of drug-likeness (QED) is 0.531. The van der Waals surface area contributed by atoms with Crippen LogP contribution in [0.4, 0.5) is 13.2 Å². The monoisotopic (exact) mass is 386 g/mol. The third-order valence-electron chi connectivity index (χ3n) is 3.97. The van der Waals surface area contributed by atoms with Crippen molar-refractivity contribution in [2.75, 3.05) is 0 Å². The highest BCUT2D eigenvalue weighted by Gasteiger charge is 2.38. The van der Waals surface area contributed by atoms with Gasteiger partial charge in [-0.15, -0.1) is 10.2 Å². The topological polar surface area (TPSA) is 82.5 Å². The average molecular weight is 386 g/mol. The molecule has 0 amide bonds. The second-order valence-corrected chi connectivity index (χ2v) is 6.13. The molecule has 0 unspecified atom stereocenters. The first kappa shape index (κ1) is 17.8. The van der Waals surface area contributed by atoms with Gasteiger partial charge in [-0.2, -0.15) is 23.0 Å². The molecule has 10 heteroatoms. The van der Waals surface area contributed by atoms with E-state index in [4.69, 9.17) is 0 Å². The Morgan fingerprint density at radius 3 is 2.21 bits per heavy atom. The molecule has 0 N–H and O–H groups in total. The molecule has 0 aliphatic heterocycles. The molecule has 0 spiro atoms. The van der Waals surface area contributed by atoms with Gasteiger partial charge < -0.3 is 4.52 Å². The number of hydrogen-bond donors (Lipinski definition) is 0. The van der Waals surface area contributed by atoms with Crippen molar-refractivity contribution in [2.24, 2.45) is 0 Å². The molecule has 2 aromatic heterocycles. The lowest BCUT2D eigenvalue weighted by molar-refractivity contribution is -0.159. The van der Waals surface area contributed by atoms with E-state index < -0.39 is 12.1 Å². The molecule has 0 radical (unpaired) electrons. The zero-order valence-corrected chi connectivity index (χ0v) is 14.6. The number of nitrogens with zero attached hydrogens (tertiary/aromatic N) is 6.